The fourth-order valence-corrected chi connectivity index (χ4v) is 3.77. The predicted molar refractivity (Wildman–Crippen MR) is 105 cm³/mol. The molecule has 152 valence electrons. The summed E-state index contributed by atoms with van der Waals surface area (Å²) in [6.45, 7) is 5.13. The number of aromatic amines is 1. The van der Waals surface area contributed by atoms with Crippen LogP contribution in [0.25, 0.3) is 11.3 Å². The largest absolute Gasteiger partial charge is 0.417 e. The quantitative estimate of drug-likeness (QED) is 0.712. The van der Waals surface area contributed by atoms with Crippen LogP contribution in [-0.2, 0) is 12.7 Å². The Balaban J connectivity index is 1.42. The molecule has 0 radical (unpaired) electrons. The van der Waals surface area contributed by atoms with Gasteiger partial charge in [0, 0.05) is 44.0 Å². The van der Waals surface area contributed by atoms with Gasteiger partial charge in [0.25, 0.3) is 0 Å². The topological polar surface area (TPSA) is 48.1 Å². The molecule has 1 fully saturated rings. The van der Waals surface area contributed by atoms with E-state index in [9.17, 15) is 13.2 Å². The molecule has 0 spiro atoms. The molecular formula is C21H22F3N5. The summed E-state index contributed by atoms with van der Waals surface area (Å²) in [7, 11) is 0. The number of H-pyrrole nitrogens is 1. The van der Waals surface area contributed by atoms with Crippen LogP contribution in [-0.4, -0.2) is 45.8 Å². The number of piperazine rings is 1. The molecule has 1 saturated heterocycles. The monoisotopic (exact) mass is 401 g/mol. The number of nitrogens with one attached hydrogen (secondary N) is 1. The van der Waals surface area contributed by atoms with Crippen molar-refractivity contribution in [2.45, 2.75) is 25.7 Å². The van der Waals surface area contributed by atoms with Crippen LogP contribution in [0.1, 0.15) is 18.1 Å². The molecule has 29 heavy (non-hydrogen) atoms. The Morgan fingerprint density at radius 3 is 2.52 bits per heavy atom. The number of rotatable bonds is 4. The summed E-state index contributed by atoms with van der Waals surface area (Å²) in [6.07, 6.45) is -1.60. The van der Waals surface area contributed by atoms with E-state index in [0.29, 0.717) is 12.4 Å². The predicted octanol–water partition coefficient (Wildman–Crippen LogP) is 4.20. The summed E-state index contributed by atoms with van der Waals surface area (Å²) in [5.41, 5.74) is 2.52. The summed E-state index contributed by atoms with van der Waals surface area (Å²) in [4.78, 5) is 8.44. The molecule has 3 heterocycles. The molecular weight excluding hydrogens is 379 g/mol. The molecule has 5 nitrogen and oxygen atoms in total. The Morgan fingerprint density at radius 2 is 1.86 bits per heavy atom. The Bertz CT molecular complexity index is 937. The van der Waals surface area contributed by atoms with E-state index in [2.05, 4.69) is 31.9 Å². The molecule has 1 N–H and O–H groups in total. The van der Waals surface area contributed by atoms with Gasteiger partial charge in [-0.2, -0.15) is 18.3 Å². The first-order valence-corrected chi connectivity index (χ1v) is 9.52. The van der Waals surface area contributed by atoms with Gasteiger partial charge in [0.1, 0.15) is 5.82 Å². The number of pyridine rings is 1. The summed E-state index contributed by atoms with van der Waals surface area (Å²) in [5.74, 6) is 0.582. The van der Waals surface area contributed by atoms with E-state index in [1.807, 2.05) is 36.5 Å². The van der Waals surface area contributed by atoms with Crippen molar-refractivity contribution in [3.05, 3.63) is 66.0 Å². The minimum absolute atomic E-state index is 0.139. The number of alkyl halides is 3. The fraction of sp³-hybridized carbons (Fsp3) is 0.333. The highest BCUT2D eigenvalue weighted by Crippen LogP contribution is 2.30. The first-order chi connectivity index (χ1) is 13.9. The maximum Gasteiger partial charge on any atom is 0.417 e. The number of benzene rings is 1. The lowest BCUT2D eigenvalue weighted by molar-refractivity contribution is -0.137. The van der Waals surface area contributed by atoms with Crippen molar-refractivity contribution in [1.29, 1.82) is 0 Å². The lowest BCUT2D eigenvalue weighted by atomic mass is 10.1. The standard InChI is InChI=1S/C21H22F3N5/c1-15-13-28(14-17-11-26-27-20(17)16-5-3-2-4-6-16)9-10-29(15)19-8-7-18(12-25-19)21(22,23)24/h2-8,11-12,15H,9-10,13-14H2,1H3,(H,26,27)/t15-/m1/s1. The van der Waals surface area contributed by atoms with Gasteiger partial charge >= 0.3 is 6.18 Å². The van der Waals surface area contributed by atoms with Gasteiger partial charge in [-0.1, -0.05) is 30.3 Å². The normalized spacial score (nSPS) is 18.2. The zero-order valence-corrected chi connectivity index (χ0v) is 16.0. The molecule has 3 aromatic rings. The van der Waals surface area contributed by atoms with Crippen molar-refractivity contribution in [2.75, 3.05) is 24.5 Å². The average molecular weight is 401 g/mol. The molecule has 0 saturated carbocycles. The number of halogens is 3. The molecule has 2 aromatic heterocycles. The van der Waals surface area contributed by atoms with Gasteiger partial charge in [-0.15, -0.1) is 0 Å². The number of anilines is 1. The lowest BCUT2D eigenvalue weighted by Gasteiger charge is -2.40. The Hall–Kier alpha value is -2.87. The van der Waals surface area contributed by atoms with E-state index >= 15 is 0 Å². The van der Waals surface area contributed by atoms with Crippen LogP contribution in [0.3, 0.4) is 0 Å². The van der Waals surface area contributed by atoms with Gasteiger partial charge in [-0.3, -0.25) is 10.00 Å². The van der Waals surface area contributed by atoms with Crippen LogP contribution < -0.4 is 4.90 Å². The van der Waals surface area contributed by atoms with E-state index in [0.717, 1.165) is 48.7 Å². The maximum atomic E-state index is 12.8. The highest BCUT2D eigenvalue weighted by Gasteiger charge is 2.31. The molecule has 0 unspecified atom stereocenters. The second-order valence-electron chi connectivity index (χ2n) is 7.32. The van der Waals surface area contributed by atoms with E-state index in [1.165, 1.54) is 6.07 Å². The van der Waals surface area contributed by atoms with Crippen molar-refractivity contribution in [1.82, 2.24) is 20.1 Å². The van der Waals surface area contributed by atoms with Crippen molar-refractivity contribution in [3.8, 4) is 11.3 Å². The summed E-state index contributed by atoms with van der Waals surface area (Å²) in [6, 6.07) is 12.8. The van der Waals surface area contributed by atoms with Crippen LogP contribution in [0.5, 0.6) is 0 Å². The molecule has 1 atom stereocenters. The first kappa shape index (κ1) is 19.4. The highest BCUT2D eigenvalue weighted by molar-refractivity contribution is 5.62. The highest BCUT2D eigenvalue weighted by atomic mass is 19.4. The molecule has 0 bridgehead atoms. The van der Waals surface area contributed by atoms with E-state index < -0.39 is 11.7 Å². The number of hydrogen-bond donors (Lipinski definition) is 1. The maximum absolute atomic E-state index is 12.8. The van der Waals surface area contributed by atoms with Crippen LogP contribution >= 0.6 is 0 Å². The third-order valence-electron chi connectivity index (χ3n) is 5.26. The zero-order valence-electron chi connectivity index (χ0n) is 16.0. The van der Waals surface area contributed by atoms with Gasteiger partial charge in [-0.25, -0.2) is 4.98 Å². The summed E-state index contributed by atoms with van der Waals surface area (Å²) < 4.78 is 38.3. The van der Waals surface area contributed by atoms with Crippen LogP contribution in [0, 0.1) is 0 Å². The molecule has 0 aliphatic carbocycles. The minimum atomic E-state index is -4.36. The molecule has 1 aliphatic rings. The summed E-state index contributed by atoms with van der Waals surface area (Å²) >= 11 is 0. The van der Waals surface area contributed by atoms with Crippen molar-refractivity contribution < 1.29 is 13.2 Å². The first-order valence-electron chi connectivity index (χ1n) is 9.52. The molecule has 1 aliphatic heterocycles. The Kier molecular flexibility index (Phi) is 5.27. The molecule has 0 amide bonds. The van der Waals surface area contributed by atoms with E-state index in [1.54, 1.807) is 0 Å². The lowest BCUT2D eigenvalue weighted by Crippen LogP contribution is -2.51. The Labute approximate surface area is 167 Å². The zero-order chi connectivity index (χ0) is 20.4. The third kappa shape index (κ3) is 4.27. The summed E-state index contributed by atoms with van der Waals surface area (Å²) in [5, 5.41) is 7.30. The van der Waals surface area contributed by atoms with Gasteiger partial charge in [0.05, 0.1) is 17.5 Å². The van der Waals surface area contributed by atoms with Gasteiger partial charge in [-0.05, 0) is 24.6 Å². The van der Waals surface area contributed by atoms with Gasteiger partial charge in [0.15, 0.2) is 0 Å². The number of aromatic nitrogens is 3. The van der Waals surface area contributed by atoms with Crippen molar-refractivity contribution in [2.24, 2.45) is 0 Å². The molecule has 4 rings (SSSR count). The van der Waals surface area contributed by atoms with E-state index in [-0.39, 0.29) is 6.04 Å². The van der Waals surface area contributed by atoms with E-state index in [4.69, 9.17) is 0 Å². The van der Waals surface area contributed by atoms with Crippen LogP contribution in [0.2, 0.25) is 0 Å². The smallest absolute Gasteiger partial charge is 0.351 e. The number of nitrogens with zero attached hydrogens (tertiary/aromatic N) is 4. The van der Waals surface area contributed by atoms with Crippen LogP contribution in [0.4, 0.5) is 19.0 Å². The second kappa shape index (κ2) is 7.87. The molecule has 1 aromatic carbocycles. The number of hydrogen-bond acceptors (Lipinski definition) is 4. The van der Waals surface area contributed by atoms with Crippen molar-refractivity contribution in [3.63, 3.8) is 0 Å². The second-order valence-corrected chi connectivity index (χ2v) is 7.32. The molecule has 8 heteroatoms. The van der Waals surface area contributed by atoms with Crippen molar-refractivity contribution >= 4 is 5.82 Å². The van der Waals surface area contributed by atoms with Crippen LogP contribution in [0.15, 0.2) is 54.9 Å². The average Bonchev–Trinajstić information content (AvgIpc) is 3.16. The SMILES string of the molecule is C[C@@H]1CN(Cc2cn[nH]c2-c2ccccc2)CCN1c1ccc(C(F)(F)F)cn1. The van der Waals surface area contributed by atoms with Gasteiger partial charge < -0.3 is 4.90 Å². The fourth-order valence-electron chi connectivity index (χ4n) is 3.77. The Morgan fingerprint density at radius 1 is 1.07 bits per heavy atom. The van der Waals surface area contributed by atoms with Gasteiger partial charge in [0.2, 0.25) is 0 Å². The minimum Gasteiger partial charge on any atom is -0.351 e. The third-order valence-corrected chi connectivity index (χ3v) is 5.26.